The predicted octanol–water partition coefficient (Wildman–Crippen LogP) is 3.62. The second-order valence-electron chi connectivity index (χ2n) is 6.66. The van der Waals surface area contributed by atoms with Gasteiger partial charge in [0.2, 0.25) is 0 Å². The van der Waals surface area contributed by atoms with Crippen molar-refractivity contribution in [1.82, 2.24) is 4.90 Å². The van der Waals surface area contributed by atoms with Gasteiger partial charge in [0.25, 0.3) is 5.91 Å². The fourth-order valence-electron chi connectivity index (χ4n) is 4.00. The maximum Gasteiger partial charge on any atom is 0.254 e. The molecule has 2 saturated heterocycles. The largest absolute Gasteiger partial charge is 0.375 e. The van der Waals surface area contributed by atoms with Gasteiger partial charge in [-0.3, -0.25) is 4.79 Å². The van der Waals surface area contributed by atoms with Gasteiger partial charge in [-0.05, 0) is 37.3 Å². The van der Waals surface area contributed by atoms with Crippen molar-refractivity contribution < 1.29 is 13.9 Å². The van der Waals surface area contributed by atoms with E-state index in [9.17, 15) is 9.18 Å². The second kappa shape index (κ2) is 5.60. The highest BCUT2D eigenvalue weighted by Gasteiger charge is 2.38. The quantitative estimate of drug-likeness (QED) is 0.805. The molecule has 23 heavy (non-hydrogen) atoms. The Balaban J connectivity index is 1.64. The Hall–Kier alpha value is -1.94. The van der Waals surface area contributed by atoms with Crippen molar-refractivity contribution in [2.24, 2.45) is 5.92 Å². The standard InChI is InChI=1S/C19H20FNO2/c1-12-10-13-11-21(9-8-18(13)23-12)19(22)16-6-7-17(20)15-5-3-2-4-14(15)16/h2-7,12-13,18H,8-11H2,1H3/t12-,13-,18-/m0/s1. The van der Waals surface area contributed by atoms with Crippen molar-refractivity contribution in [2.45, 2.75) is 32.0 Å². The van der Waals surface area contributed by atoms with E-state index in [2.05, 4.69) is 6.92 Å². The first-order valence-electron chi connectivity index (χ1n) is 8.25. The van der Waals surface area contributed by atoms with Gasteiger partial charge in [0.15, 0.2) is 0 Å². The number of carbonyl (C=O) groups excluding carboxylic acids is 1. The summed E-state index contributed by atoms with van der Waals surface area (Å²) in [5.74, 6) is 0.141. The van der Waals surface area contributed by atoms with E-state index in [0.717, 1.165) is 19.4 Å². The molecule has 0 aliphatic carbocycles. The third kappa shape index (κ3) is 2.51. The van der Waals surface area contributed by atoms with Crippen LogP contribution in [0.25, 0.3) is 10.8 Å². The average molecular weight is 313 g/mol. The van der Waals surface area contributed by atoms with Crippen molar-refractivity contribution in [3.05, 3.63) is 47.8 Å². The van der Waals surface area contributed by atoms with Gasteiger partial charge in [-0.25, -0.2) is 4.39 Å². The zero-order chi connectivity index (χ0) is 16.0. The summed E-state index contributed by atoms with van der Waals surface area (Å²) >= 11 is 0. The van der Waals surface area contributed by atoms with Crippen LogP contribution in [0.3, 0.4) is 0 Å². The number of hydrogen-bond donors (Lipinski definition) is 0. The van der Waals surface area contributed by atoms with Crippen LogP contribution in [0.15, 0.2) is 36.4 Å². The minimum Gasteiger partial charge on any atom is -0.375 e. The Bertz CT molecular complexity index is 760. The number of fused-ring (bicyclic) bond motifs is 2. The number of amides is 1. The minimum absolute atomic E-state index is 0.000738. The third-order valence-corrected chi connectivity index (χ3v) is 5.09. The van der Waals surface area contributed by atoms with Crippen LogP contribution >= 0.6 is 0 Å². The van der Waals surface area contributed by atoms with Crippen molar-refractivity contribution in [1.29, 1.82) is 0 Å². The number of piperidine rings is 1. The molecule has 3 atom stereocenters. The molecule has 0 spiro atoms. The van der Waals surface area contributed by atoms with E-state index in [1.165, 1.54) is 6.07 Å². The van der Waals surface area contributed by atoms with Crippen molar-refractivity contribution in [2.75, 3.05) is 13.1 Å². The third-order valence-electron chi connectivity index (χ3n) is 5.09. The van der Waals surface area contributed by atoms with Gasteiger partial charge in [0.1, 0.15) is 5.82 Å². The van der Waals surface area contributed by atoms with E-state index in [-0.39, 0.29) is 17.8 Å². The highest BCUT2D eigenvalue weighted by molar-refractivity contribution is 6.07. The molecular weight excluding hydrogens is 293 g/mol. The summed E-state index contributed by atoms with van der Waals surface area (Å²) in [6, 6.07) is 10.2. The van der Waals surface area contributed by atoms with E-state index in [1.54, 1.807) is 18.2 Å². The normalized spacial score (nSPS) is 27.2. The Kier molecular flexibility index (Phi) is 3.57. The van der Waals surface area contributed by atoms with Gasteiger partial charge in [-0.1, -0.05) is 24.3 Å². The molecule has 4 heteroatoms. The molecule has 1 amide bonds. The van der Waals surface area contributed by atoms with Gasteiger partial charge in [-0.15, -0.1) is 0 Å². The Morgan fingerprint density at radius 2 is 2.00 bits per heavy atom. The summed E-state index contributed by atoms with van der Waals surface area (Å²) in [7, 11) is 0. The molecule has 2 aromatic carbocycles. The highest BCUT2D eigenvalue weighted by atomic mass is 19.1. The van der Waals surface area contributed by atoms with Crippen LogP contribution < -0.4 is 0 Å². The van der Waals surface area contributed by atoms with Crippen molar-refractivity contribution in [3.8, 4) is 0 Å². The van der Waals surface area contributed by atoms with Crippen LogP contribution in [0.1, 0.15) is 30.1 Å². The van der Waals surface area contributed by atoms with Crippen molar-refractivity contribution >= 4 is 16.7 Å². The molecule has 0 radical (unpaired) electrons. The first-order chi connectivity index (χ1) is 11.1. The topological polar surface area (TPSA) is 29.5 Å². The van der Waals surface area contributed by atoms with Crippen LogP contribution in [0.2, 0.25) is 0 Å². The van der Waals surface area contributed by atoms with Gasteiger partial charge in [0.05, 0.1) is 12.2 Å². The number of carbonyl (C=O) groups is 1. The van der Waals surface area contributed by atoms with E-state index in [4.69, 9.17) is 4.74 Å². The lowest BCUT2D eigenvalue weighted by molar-refractivity contribution is 0.00870. The Labute approximate surface area is 135 Å². The number of halogens is 1. The number of hydrogen-bond acceptors (Lipinski definition) is 2. The molecule has 2 fully saturated rings. The second-order valence-corrected chi connectivity index (χ2v) is 6.66. The molecule has 2 aromatic rings. The first kappa shape index (κ1) is 14.6. The number of rotatable bonds is 1. The predicted molar refractivity (Wildman–Crippen MR) is 86.9 cm³/mol. The van der Waals surface area contributed by atoms with E-state index in [1.807, 2.05) is 17.0 Å². The zero-order valence-corrected chi connectivity index (χ0v) is 13.2. The summed E-state index contributed by atoms with van der Waals surface area (Å²) < 4.78 is 19.8. The van der Waals surface area contributed by atoms with Gasteiger partial charge in [0, 0.05) is 30.0 Å². The van der Waals surface area contributed by atoms with Crippen LogP contribution in [-0.4, -0.2) is 36.1 Å². The molecule has 3 nitrogen and oxygen atoms in total. The van der Waals surface area contributed by atoms with E-state index in [0.29, 0.717) is 34.9 Å². The smallest absolute Gasteiger partial charge is 0.254 e. The molecular formula is C19H20FNO2. The van der Waals surface area contributed by atoms with E-state index >= 15 is 0 Å². The van der Waals surface area contributed by atoms with Gasteiger partial charge < -0.3 is 9.64 Å². The molecule has 120 valence electrons. The van der Waals surface area contributed by atoms with Gasteiger partial charge >= 0.3 is 0 Å². The molecule has 2 aliphatic rings. The fourth-order valence-corrected chi connectivity index (χ4v) is 4.00. The van der Waals surface area contributed by atoms with Crippen molar-refractivity contribution in [3.63, 3.8) is 0 Å². The number of benzene rings is 2. The van der Waals surface area contributed by atoms with Crippen LogP contribution in [0, 0.1) is 11.7 Å². The summed E-state index contributed by atoms with van der Waals surface area (Å²) in [4.78, 5) is 14.9. The fraction of sp³-hybridized carbons (Fsp3) is 0.421. The molecule has 2 aliphatic heterocycles. The van der Waals surface area contributed by atoms with Crippen LogP contribution in [0.4, 0.5) is 4.39 Å². The molecule has 0 unspecified atom stereocenters. The summed E-state index contributed by atoms with van der Waals surface area (Å²) in [6.07, 6.45) is 2.48. The maximum atomic E-state index is 13.9. The molecule has 4 rings (SSSR count). The highest BCUT2D eigenvalue weighted by Crippen LogP contribution is 2.33. The Morgan fingerprint density at radius 3 is 2.83 bits per heavy atom. The molecule has 0 N–H and O–H groups in total. The number of nitrogens with zero attached hydrogens (tertiary/aromatic N) is 1. The maximum absolute atomic E-state index is 13.9. The molecule has 0 aromatic heterocycles. The summed E-state index contributed by atoms with van der Waals surface area (Å²) in [6.45, 7) is 3.54. The first-order valence-corrected chi connectivity index (χ1v) is 8.25. The number of likely N-dealkylation sites (tertiary alicyclic amines) is 1. The SMILES string of the molecule is C[C@H]1C[C@H]2CN(C(=O)c3ccc(F)c4ccccc34)CC[C@@H]2O1. The van der Waals surface area contributed by atoms with E-state index < -0.39 is 0 Å². The number of ether oxygens (including phenoxy) is 1. The lowest BCUT2D eigenvalue weighted by Crippen LogP contribution is -2.44. The Morgan fingerprint density at radius 1 is 1.22 bits per heavy atom. The molecule has 2 heterocycles. The molecule has 0 bridgehead atoms. The summed E-state index contributed by atoms with van der Waals surface area (Å²) in [5.41, 5.74) is 0.590. The summed E-state index contributed by atoms with van der Waals surface area (Å²) in [5, 5.41) is 1.20. The van der Waals surface area contributed by atoms with Crippen LogP contribution in [0.5, 0.6) is 0 Å². The lowest BCUT2D eigenvalue weighted by Gasteiger charge is -2.34. The average Bonchev–Trinajstić information content (AvgIpc) is 2.94. The lowest BCUT2D eigenvalue weighted by atomic mass is 9.92. The van der Waals surface area contributed by atoms with Gasteiger partial charge in [-0.2, -0.15) is 0 Å². The van der Waals surface area contributed by atoms with Crippen LogP contribution in [-0.2, 0) is 4.74 Å². The monoisotopic (exact) mass is 313 g/mol. The zero-order valence-electron chi connectivity index (χ0n) is 13.2. The minimum atomic E-state index is -0.283. The molecule has 0 saturated carbocycles.